The van der Waals surface area contributed by atoms with Crippen molar-refractivity contribution in [3.63, 3.8) is 0 Å². The third-order valence-electron chi connectivity index (χ3n) is 2.60. The van der Waals surface area contributed by atoms with Crippen molar-refractivity contribution in [1.29, 1.82) is 0 Å². The number of phenols is 1. The van der Waals surface area contributed by atoms with Crippen LogP contribution in [-0.2, 0) is 0 Å². The number of rotatable bonds is 6. The van der Waals surface area contributed by atoms with Gasteiger partial charge in [-0.05, 0) is 31.9 Å². The standard InChI is InChI=1S/C13H18ClNO3/c1-9(4-3-7-14)15-13(17)11-6-5-10(18-2)8-12(11)16/h5-6,8-9,16H,3-4,7H2,1-2H3,(H,15,17). The van der Waals surface area contributed by atoms with Crippen molar-refractivity contribution in [3.8, 4) is 11.5 Å². The molecule has 0 bridgehead atoms. The Hall–Kier alpha value is -1.42. The van der Waals surface area contributed by atoms with E-state index in [9.17, 15) is 9.90 Å². The molecule has 0 aliphatic carbocycles. The first-order valence-corrected chi connectivity index (χ1v) is 6.35. The molecule has 1 amide bonds. The Morgan fingerprint density at radius 3 is 2.83 bits per heavy atom. The Bertz CT molecular complexity index is 409. The maximum Gasteiger partial charge on any atom is 0.255 e. The molecule has 0 aliphatic heterocycles. The highest BCUT2D eigenvalue weighted by Crippen LogP contribution is 2.23. The molecule has 0 aliphatic rings. The van der Waals surface area contributed by atoms with E-state index in [1.165, 1.54) is 19.2 Å². The lowest BCUT2D eigenvalue weighted by molar-refractivity contribution is 0.0935. The Morgan fingerprint density at radius 1 is 1.56 bits per heavy atom. The van der Waals surface area contributed by atoms with Gasteiger partial charge in [-0.3, -0.25) is 4.79 Å². The smallest absolute Gasteiger partial charge is 0.255 e. The van der Waals surface area contributed by atoms with E-state index in [1.54, 1.807) is 6.07 Å². The van der Waals surface area contributed by atoms with Gasteiger partial charge in [0.25, 0.3) is 5.91 Å². The molecule has 0 heterocycles. The number of ether oxygens (including phenoxy) is 1. The van der Waals surface area contributed by atoms with Crippen molar-refractivity contribution in [2.24, 2.45) is 0 Å². The topological polar surface area (TPSA) is 58.6 Å². The summed E-state index contributed by atoms with van der Waals surface area (Å²) < 4.78 is 4.96. The van der Waals surface area contributed by atoms with Gasteiger partial charge >= 0.3 is 0 Å². The second-order valence-corrected chi connectivity index (χ2v) is 4.47. The van der Waals surface area contributed by atoms with E-state index in [0.717, 1.165) is 12.8 Å². The van der Waals surface area contributed by atoms with Crippen LogP contribution in [0.25, 0.3) is 0 Å². The Kier molecular flexibility index (Phi) is 5.78. The van der Waals surface area contributed by atoms with Crippen LogP contribution in [0.1, 0.15) is 30.1 Å². The fourth-order valence-corrected chi connectivity index (χ4v) is 1.74. The highest BCUT2D eigenvalue weighted by molar-refractivity contribution is 6.17. The maximum atomic E-state index is 11.9. The molecule has 0 aromatic heterocycles. The van der Waals surface area contributed by atoms with Gasteiger partial charge in [0.2, 0.25) is 0 Å². The fraction of sp³-hybridized carbons (Fsp3) is 0.462. The molecule has 5 heteroatoms. The first-order valence-electron chi connectivity index (χ1n) is 5.82. The number of carbonyl (C=O) groups is 1. The molecule has 1 unspecified atom stereocenters. The van der Waals surface area contributed by atoms with Crippen LogP contribution in [0.5, 0.6) is 11.5 Å². The number of hydrogen-bond acceptors (Lipinski definition) is 3. The zero-order valence-electron chi connectivity index (χ0n) is 10.6. The van der Waals surface area contributed by atoms with Gasteiger partial charge in [0.05, 0.1) is 12.7 Å². The molecule has 100 valence electrons. The number of benzene rings is 1. The number of alkyl halides is 1. The van der Waals surface area contributed by atoms with Gasteiger partial charge in [0.1, 0.15) is 11.5 Å². The summed E-state index contributed by atoms with van der Waals surface area (Å²) in [6, 6.07) is 4.62. The number of halogens is 1. The van der Waals surface area contributed by atoms with Crippen LogP contribution >= 0.6 is 11.6 Å². The highest BCUT2D eigenvalue weighted by Gasteiger charge is 2.14. The summed E-state index contributed by atoms with van der Waals surface area (Å²) >= 11 is 5.59. The van der Waals surface area contributed by atoms with Crippen molar-refractivity contribution in [1.82, 2.24) is 5.32 Å². The third-order valence-corrected chi connectivity index (χ3v) is 2.87. The molecule has 0 spiro atoms. The van der Waals surface area contributed by atoms with Gasteiger partial charge < -0.3 is 15.2 Å². The summed E-state index contributed by atoms with van der Waals surface area (Å²) in [7, 11) is 1.50. The van der Waals surface area contributed by atoms with E-state index in [1.807, 2.05) is 6.92 Å². The highest BCUT2D eigenvalue weighted by atomic mass is 35.5. The fourth-order valence-electron chi connectivity index (χ4n) is 1.59. The molecule has 1 atom stereocenters. The van der Waals surface area contributed by atoms with Gasteiger partial charge in [-0.25, -0.2) is 0 Å². The van der Waals surface area contributed by atoms with Gasteiger partial charge in [-0.15, -0.1) is 11.6 Å². The molecule has 1 rings (SSSR count). The summed E-state index contributed by atoms with van der Waals surface area (Å²) in [6.45, 7) is 1.91. The van der Waals surface area contributed by atoms with Crippen LogP contribution in [0.4, 0.5) is 0 Å². The molecule has 1 aromatic carbocycles. The van der Waals surface area contributed by atoms with E-state index >= 15 is 0 Å². The number of carbonyl (C=O) groups excluding carboxylic acids is 1. The summed E-state index contributed by atoms with van der Waals surface area (Å²) in [5.41, 5.74) is 0.244. The Morgan fingerprint density at radius 2 is 2.28 bits per heavy atom. The first kappa shape index (κ1) is 14.6. The lowest BCUT2D eigenvalue weighted by atomic mass is 10.1. The SMILES string of the molecule is COc1ccc(C(=O)NC(C)CCCCl)c(O)c1. The summed E-state index contributed by atoms with van der Waals surface area (Å²) in [5.74, 6) is 0.710. The Balaban J connectivity index is 2.66. The quantitative estimate of drug-likeness (QED) is 0.782. The van der Waals surface area contributed by atoms with Crippen LogP contribution in [0, 0.1) is 0 Å². The van der Waals surface area contributed by atoms with Gasteiger partial charge in [-0.1, -0.05) is 0 Å². The summed E-state index contributed by atoms with van der Waals surface area (Å²) in [5, 5.41) is 12.5. The number of nitrogens with one attached hydrogen (secondary N) is 1. The molecular weight excluding hydrogens is 254 g/mol. The van der Waals surface area contributed by atoms with E-state index in [0.29, 0.717) is 11.6 Å². The largest absolute Gasteiger partial charge is 0.507 e. The third kappa shape index (κ3) is 4.11. The molecule has 0 saturated heterocycles. The molecule has 1 aromatic rings. The van der Waals surface area contributed by atoms with Gasteiger partial charge in [-0.2, -0.15) is 0 Å². The molecule has 0 saturated carbocycles. The van der Waals surface area contributed by atoms with Crippen LogP contribution < -0.4 is 10.1 Å². The van der Waals surface area contributed by atoms with Gasteiger partial charge in [0, 0.05) is 18.0 Å². The monoisotopic (exact) mass is 271 g/mol. The molecule has 2 N–H and O–H groups in total. The van der Waals surface area contributed by atoms with Crippen molar-refractivity contribution in [2.45, 2.75) is 25.8 Å². The maximum absolute atomic E-state index is 11.9. The van der Waals surface area contributed by atoms with E-state index in [2.05, 4.69) is 5.32 Å². The number of methoxy groups -OCH3 is 1. The molecule has 4 nitrogen and oxygen atoms in total. The first-order chi connectivity index (χ1) is 8.58. The normalized spacial score (nSPS) is 11.9. The Labute approximate surface area is 112 Å². The molecular formula is C13H18ClNO3. The number of phenolic OH excluding ortho intramolecular Hbond substituents is 1. The number of hydrogen-bond donors (Lipinski definition) is 2. The van der Waals surface area contributed by atoms with Crippen molar-refractivity contribution >= 4 is 17.5 Å². The van der Waals surface area contributed by atoms with Crippen molar-refractivity contribution in [2.75, 3.05) is 13.0 Å². The number of aromatic hydroxyl groups is 1. The minimum absolute atomic E-state index is 0.0257. The van der Waals surface area contributed by atoms with Gasteiger partial charge in [0.15, 0.2) is 0 Å². The predicted octanol–water partition coefficient (Wildman–Crippen LogP) is 2.54. The lowest BCUT2D eigenvalue weighted by Gasteiger charge is -2.14. The predicted molar refractivity (Wildman–Crippen MR) is 71.5 cm³/mol. The molecule has 0 fully saturated rings. The minimum atomic E-state index is -0.294. The average Bonchev–Trinajstić information content (AvgIpc) is 2.35. The van der Waals surface area contributed by atoms with E-state index < -0.39 is 0 Å². The van der Waals surface area contributed by atoms with E-state index in [4.69, 9.17) is 16.3 Å². The van der Waals surface area contributed by atoms with Crippen molar-refractivity contribution in [3.05, 3.63) is 23.8 Å². The lowest BCUT2D eigenvalue weighted by Crippen LogP contribution is -2.32. The van der Waals surface area contributed by atoms with Crippen molar-refractivity contribution < 1.29 is 14.6 Å². The van der Waals surface area contributed by atoms with Crippen LogP contribution in [0.3, 0.4) is 0 Å². The van der Waals surface area contributed by atoms with Crippen LogP contribution in [0.2, 0.25) is 0 Å². The average molecular weight is 272 g/mol. The number of amides is 1. The van der Waals surface area contributed by atoms with Crippen LogP contribution in [-0.4, -0.2) is 30.0 Å². The second-order valence-electron chi connectivity index (χ2n) is 4.09. The zero-order chi connectivity index (χ0) is 13.5. The second kappa shape index (κ2) is 7.11. The molecule has 0 radical (unpaired) electrons. The zero-order valence-corrected chi connectivity index (χ0v) is 11.3. The van der Waals surface area contributed by atoms with E-state index in [-0.39, 0.29) is 23.3 Å². The minimum Gasteiger partial charge on any atom is -0.507 e. The summed E-state index contributed by atoms with van der Waals surface area (Å²) in [6.07, 6.45) is 1.66. The summed E-state index contributed by atoms with van der Waals surface area (Å²) in [4.78, 5) is 11.9. The molecule has 18 heavy (non-hydrogen) atoms. The van der Waals surface area contributed by atoms with Crippen LogP contribution in [0.15, 0.2) is 18.2 Å².